The van der Waals surface area contributed by atoms with E-state index in [-0.39, 0.29) is 0 Å². The molecule has 132 valence electrons. The highest BCUT2D eigenvalue weighted by atomic mass is 32.1. The summed E-state index contributed by atoms with van der Waals surface area (Å²) in [5.74, 6) is -0.552. The lowest BCUT2D eigenvalue weighted by Gasteiger charge is -2.36. The summed E-state index contributed by atoms with van der Waals surface area (Å²) in [6.45, 7) is 3.30. The number of hydrogen-bond acceptors (Lipinski definition) is 4. The summed E-state index contributed by atoms with van der Waals surface area (Å²) in [5.41, 5.74) is 1.03. The predicted molar refractivity (Wildman–Crippen MR) is 95.7 cm³/mol. The van der Waals surface area contributed by atoms with Crippen LogP contribution in [0.25, 0.3) is 0 Å². The molecule has 1 aromatic heterocycles. The SMILES string of the molecule is O=C(NCc1ccsc1)C(=O)NCC1CCN(C2CCCC2)CC1. The first-order chi connectivity index (χ1) is 11.7. The molecule has 0 atom stereocenters. The molecule has 1 saturated carbocycles. The van der Waals surface area contributed by atoms with Crippen molar-refractivity contribution in [1.82, 2.24) is 15.5 Å². The number of likely N-dealkylation sites (tertiary alicyclic amines) is 1. The van der Waals surface area contributed by atoms with Crippen LogP contribution in [0.2, 0.25) is 0 Å². The van der Waals surface area contributed by atoms with E-state index in [2.05, 4.69) is 15.5 Å². The summed E-state index contributed by atoms with van der Waals surface area (Å²) in [5, 5.41) is 9.39. The Morgan fingerprint density at radius 1 is 1.08 bits per heavy atom. The van der Waals surface area contributed by atoms with Crippen molar-refractivity contribution >= 4 is 23.2 Å². The van der Waals surface area contributed by atoms with Gasteiger partial charge < -0.3 is 15.5 Å². The fraction of sp³-hybridized carbons (Fsp3) is 0.667. The van der Waals surface area contributed by atoms with E-state index in [1.54, 1.807) is 11.3 Å². The van der Waals surface area contributed by atoms with Crippen LogP contribution in [0, 0.1) is 5.92 Å². The van der Waals surface area contributed by atoms with Gasteiger partial charge in [-0.05, 0) is 67.1 Å². The minimum Gasteiger partial charge on any atom is -0.348 e. The number of carbonyl (C=O) groups excluding carboxylic acids is 2. The van der Waals surface area contributed by atoms with E-state index in [1.165, 1.54) is 25.7 Å². The molecule has 24 heavy (non-hydrogen) atoms. The van der Waals surface area contributed by atoms with Gasteiger partial charge in [0, 0.05) is 19.1 Å². The molecule has 3 rings (SSSR count). The molecule has 2 aliphatic rings. The predicted octanol–water partition coefficient (Wildman–Crippen LogP) is 2.14. The summed E-state index contributed by atoms with van der Waals surface area (Å²) in [6, 6.07) is 2.74. The van der Waals surface area contributed by atoms with Crippen molar-refractivity contribution in [2.24, 2.45) is 5.92 Å². The number of hydrogen-bond donors (Lipinski definition) is 2. The second-order valence-corrected chi connectivity index (χ2v) is 7.72. The molecule has 0 unspecified atom stereocenters. The minimum absolute atomic E-state index is 0.412. The van der Waals surface area contributed by atoms with Gasteiger partial charge >= 0.3 is 11.8 Å². The van der Waals surface area contributed by atoms with Crippen LogP contribution >= 0.6 is 11.3 Å². The number of nitrogens with zero attached hydrogens (tertiary/aromatic N) is 1. The van der Waals surface area contributed by atoms with Crippen LogP contribution < -0.4 is 10.6 Å². The normalized spacial score (nSPS) is 20.2. The van der Waals surface area contributed by atoms with Gasteiger partial charge in [-0.1, -0.05) is 12.8 Å². The molecule has 0 bridgehead atoms. The summed E-state index contributed by atoms with van der Waals surface area (Å²) >= 11 is 1.58. The van der Waals surface area contributed by atoms with Gasteiger partial charge in [-0.2, -0.15) is 11.3 Å². The monoisotopic (exact) mass is 349 g/mol. The number of piperidine rings is 1. The molecule has 2 amide bonds. The molecule has 0 aromatic carbocycles. The fourth-order valence-electron chi connectivity index (χ4n) is 3.76. The average molecular weight is 350 g/mol. The van der Waals surface area contributed by atoms with E-state index in [9.17, 15) is 9.59 Å². The standard InChI is InChI=1S/C18H27N3O2S/c22-17(18(23)20-12-15-7-10-24-13-15)19-11-14-5-8-21(9-6-14)16-3-1-2-4-16/h7,10,13-14,16H,1-6,8-9,11-12H2,(H,19,22)(H,20,23). The van der Waals surface area contributed by atoms with E-state index in [0.29, 0.717) is 19.0 Å². The molecule has 0 spiro atoms. The smallest absolute Gasteiger partial charge is 0.309 e. The van der Waals surface area contributed by atoms with E-state index in [4.69, 9.17) is 0 Å². The van der Waals surface area contributed by atoms with Crippen molar-refractivity contribution in [3.05, 3.63) is 22.4 Å². The summed E-state index contributed by atoms with van der Waals surface area (Å²) in [4.78, 5) is 26.3. The highest BCUT2D eigenvalue weighted by Crippen LogP contribution is 2.27. The Morgan fingerprint density at radius 2 is 1.79 bits per heavy atom. The highest BCUT2D eigenvalue weighted by molar-refractivity contribution is 7.07. The second kappa shape index (κ2) is 8.62. The lowest BCUT2D eigenvalue weighted by molar-refractivity contribution is -0.139. The molecule has 0 radical (unpaired) electrons. The number of nitrogens with one attached hydrogen (secondary N) is 2. The molecule has 2 fully saturated rings. The largest absolute Gasteiger partial charge is 0.348 e. The Hall–Kier alpha value is -1.40. The van der Waals surface area contributed by atoms with Crippen molar-refractivity contribution in [1.29, 1.82) is 0 Å². The highest BCUT2D eigenvalue weighted by Gasteiger charge is 2.27. The average Bonchev–Trinajstić information content (AvgIpc) is 3.31. The zero-order valence-electron chi connectivity index (χ0n) is 14.1. The lowest BCUT2D eigenvalue weighted by Crippen LogP contribution is -2.45. The van der Waals surface area contributed by atoms with Gasteiger partial charge in [-0.3, -0.25) is 9.59 Å². The topological polar surface area (TPSA) is 61.4 Å². The number of thiophene rings is 1. The number of rotatable bonds is 5. The van der Waals surface area contributed by atoms with Crippen molar-refractivity contribution in [3.8, 4) is 0 Å². The summed E-state index contributed by atoms with van der Waals surface area (Å²) < 4.78 is 0. The third kappa shape index (κ3) is 4.80. The first kappa shape index (κ1) is 17.4. The Labute approximate surface area is 147 Å². The Kier molecular flexibility index (Phi) is 6.26. The molecule has 5 nitrogen and oxygen atoms in total. The third-order valence-corrected chi connectivity index (χ3v) is 6.01. The fourth-order valence-corrected chi connectivity index (χ4v) is 4.43. The van der Waals surface area contributed by atoms with Gasteiger partial charge in [-0.25, -0.2) is 0 Å². The molecule has 1 aliphatic carbocycles. The maximum atomic E-state index is 11.9. The van der Waals surface area contributed by atoms with Gasteiger partial charge in [0.15, 0.2) is 0 Å². The molecule has 1 saturated heterocycles. The van der Waals surface area contributed by atoms with Gasteiger partial charge in [0.1, 0.15) is 0 Å². The number of carbonyl (C=O) groups is 2. The summed E-state index contributed by atoms with van der Waals surface area (Å²) in [7, 11) is 0. The van der Waals surface area contributed by atoms with Crippen molar-refractivity contribution in [2.75, 3.05) is 19.6 Å². The van der Waals surface area contributed by atoms with Crippen LogP contribution in [0.1, 0.15) is 44.1 Å². The molecular formula is C18H27N3O2S. The lowest BCUT2D eigenvalue weighted by atomic mass is 9.95. The Bertz CT molecular complexity index is 532. The van der Waals surface area contributed by atoms with Crippen molar-refractivity contribution in [3.63, 3.8) is 0 Å². The van der Waals surface area contributed by atoms with Crippen LogP contribution in [0.4, 0.5) is 0 Å². The van der Waals surface area contributed by atoms with Crippen LogP contribution in [0.5, 0.6) is 0 Å². The van der Waals surface area contributed by atoms with Gasteiger partial charge in [0.05, 0.1) is 0 Å². The minimum atomic E-state index is -0.537. The van der Waals surface area contributed by atoms with E-state index >= 15 is 0 Å². The maximum Gasteiger partial charge on any atom is 0.309 e. The second-order valence-electron chi connectivity index (χ2n) is 6.94. The van der Waals surface area contributed by atoms with E-state index in [1.807, 2.05) is 16.8 Å². The molecule has 2 heterocycles. The van der Waals surface area contributed by atoms with Crippen LogP contribution in [-0.2, 0) is 16.1 Å². The first-order valence-corrected chi connectivity index (χ1v) is 9.98. The third-order valence-electron chi connectivity index (χ3n) is 5.28. The molecule has 1 aromatic rings. The Balaban J connectivity index is 1.32. The van der Waals surface area contributed by atoms with Crippen molar-refractivity contribution < 1.29 is 9.59 Å². The first-order valence-electron chi connectivity index (χ1n) is 9.03. The number of amides is 2. The zero-order valence-corrected chi connectivity index (χ0v) is 14.9. The molecule has 1 aliphatic heterocycles. The molecular weight excluding hydrogens is 322 g/mol. The van der Waals surface area contributed by atoms with Crippen molar-refractivity contribution in [2.45, 2.75) is 51.1 Å². The molecule has 2 N–H and O–H groups in total. The van der Waals surface area contributed by atoms with Crippen LogP contribution in [0.15, 0.2) is 16.8 Å². The Morgan fingerprint density at radius 3 is 2.46 bits per heavy atom. The summed E-state index contributed by atoms with van der Waals surface area (Å²) in [6.07, 6.45) is 7.69. The van der Waals surface area contributed by atoms with Gasteiger partial charge in [0.25, 0.3) is 0 Å². The zero-order chi connectivity index (χ0) is 16.8. The van der Waals surface area contributed by atoms with Gasteiger partial charge in [0.2, 0.25) is 0 Å². The quantitative estimate of drug-likeness (QED) is 0.801. The van der Waals surface area contributed by atoms with Gasteiger partial charge in [-0.15, -0.1) is 0 Å². The molecule has 6 heteroatoms. The van der Waals surface area contributed by atoms with Crippen LogP contribution in [-0.4, -0.2) is 42.4 Å². The van der Waals surface area contributed by atoms with Crippen LogP contribution in [0.3, 0.4) is 0 Å². The maximum absolute atomic E-state index is 11.9. The van der Waals surface area contributed by atoms with E-state index in [0.717, 1.165) is 37.5 Å². The van der Waals surface area contributed by atoms with E-state index < -0.39 is 11.8 Å².